The molecule has 6 heteroatoms. The van der Waals surface area contributed by atoms with Crippen LogP contribution in [0.1, 0.15) is 35.9 Å². The molecule has 0 radical (unpaired) electrons. The summed E-state index contributed by atoms with van der Waals surface area (Å²) in [7, 11) is 1.83. The fourth-order valence-corrected chi connectivity index (χ4v) is 3.47. The van der Waals surface area contributed by atoms with Crippen LogP contribution in [0.2, 0.25) is 0 Å². The number of nitrogens with one attached hydrogen (secondary N) is 2. The van der Waals surface area contributed by atoms with E-state index in [9.17, 15) is 9.59 Å². The van der Waals surface area contributed by atoms with Crippen LogP contribution in [0, 0.1) is 6.92 Å². The summed E-state index contributed by atoms with van der Waals surface area (Å²) in [5.41, 5.74) is 1.78. The van der Waals surface area contributed by atoms with Crippen molar-refractivity contribution in [1.29, 1.82) is 0 Å². The van der Waals surface area contributed by atoms with Gasteiger partial charge in [-0.3, -0.25) is 4.79 Å². The predicted molar refractivity (Wildman–Crippen MR) is 79.2 cm³/mol. The highest BCUT2D eigenvalue weighted by atomic mass is 16.2. The third kappa shape index (κ3) is 2.18. The highest BCUT2D eigenvalue weighted by Gasteiger charge is 2.43. The molecule has 0 bridgehead atoms. The van der Waals surface area contributed by atoms with E-state index in [-0.39, 0.29) is 30.1 Å². The number of aromatic nitrogens is 1. The van der Waals surface area contributed by atoms with Gasteiger partial charge in [-0.1, -0.05) is 13.3 Å². The largest absolute Gasteiger partial charge is 0.344 e. The average Bonchev–Trinajstić information content (AvgIpc) is 2.95. The number of aryl methyl sites for hydroxylation is 1. The van der Waals surface area contributed by atoms with Crippen molar-refractivity contribution in [3.05, 3.63) is 23.5 Å². The summed E-state index contributed by atoms with van der Waals surface area (Å²) in [5.74, 6) is -0.0570. The molecule has 1 aromatic rings. The molecule has 6 nitrogen and oxygen atoms in total. The Morgan fingerprint density at radius 3 is 2.76 bits per heavy atom. The molecule has 114 valence electrons. The Bertz CT molecular complexity index is 580. The summed E-state index contributed by atoms with van der Waals surface area (Å²) >= 11 is 0. The third-order valence-electron chi connectivity index (χ3n) is 4.67. The molecule has 1 unspecified atom stereocenters. The number of likely N-dealkylation sites (N-methyl/N-ethyl adjacent to an activating group) is 1. The van der Waals surface area contributed by atoms with Gasteiger partial charge in [0.15, 0.2) is 0 Å². The summed E-state index contributed by atoms with van der Waals surface area (Å²) in [6, 6.07) is 3.78. The number of fused-ring (bicyclic) bond motifs is 1. The summed E-state index contributed by atoms with van der Waals surface area (Å²) in [6.45, 7) is 4.82. The third-order valence-corrected chi connectivity index (χ3v) is 4.67. The summed E-state index contributed by atoms with van der Waals surface area (Å²) in [5, 5.41) is 6.09. The van der Waals surface area contributed by atoms with Crippen LogP contribution in [0.5, 0.6) is 0 Å². The first kappa shape index (κ1) is 14.0. The molecule has 0 aromatic carbocycles. The molecule has 0 spiro atoms. The van der Waals surface area contributed by atoms with Crippen molar-refractivity contribution in [2.75, 3.05) is 7.05 Å². The maximum Gasteiger partial charge on any atom is 0.317 e. The molecule has 3 atom stereocenters. The number of rotatable bonds is 3. The molecule has 0 aliphatic carbocycles. The standard InChI is InChI=1S/C15H22N4O2/c1-4-5-11-13(17-15(21)18(11)3)10-8-19-9(2)6-7-12(19)14(20)16-10/h6-7,10-11,13H,4-5,8H2,1-3H3,(H,16,20)(H,17,21)/t10-,11?,13+/m1/s1. The van der Waals surface area contributed by atoms with Gasteiger partial charge < -0.3 is 20.1 Å². The Hall–Kier alpha value is -1.98. The molecule has 21 heavy (non-hydrogen) atoms. The molecular weight excluding hydrogens is 268 g/mol. The Morgan fingerprint density at radius 2 is 2.05 bits per heavy atom. The first-order valence-corrected chi connectivity index (χ1v) is 7.53. The minimum absolute atomic E-state index is 0.0404. The molecule has 2 aliphatic rings. The van der Waals surface area contributed by atoms with Gasteiger partial charge in [0, 0.05) is 19.3 Å². The highest BCUT2D eigenvalue weighted by molar-refractivity contribution is 5.94. The van der Waals surface area contributed by atoms with Gasteiger partial charge in [0.05, 0.1) is 18.1 Å². The lowest BCUT2D eigenvalue weighted by Gasteiger charge is -2.34. The molecule has 2 N–H and O–H groups in total. The molecule has 2 aliphatic heterocycles. The van der Waals surface area contributed by atoms with Crippen LogP contribution in [0.25, 0.3) is 0 Å². The van der Waals surface area contributed by atoms with Crippen molar-refractivity contribution < 1.29 is 9.59 Å². The van der Waals surface area contributed by atoms with Gasteiger partial charge in [-0.25, -0.2) is 4.79 Å². The van der Waals surface area contributed by atoms with Crippen LogP contribution in [-0.4, -0.2) is 46.6 Å². The van der Waals surface area contributed by atoms with E-state index in [4.69, 9.17) is 0 Å². The van der Waals surface area contributed by atoms with Crippen LogP contribution in [-0.2, 0) is 6.54 Å². The molecule has 1 saturated heterocycles. The minimum Gasteiger partial charge on any atom is -0.344 e. The maximum atomic E-state index is 12.2. The highest BCUT2D eigenvalue weighted by Crippen LogP contribution is 2.23. The molecule has 3 rings (SSSR count). The van der Waals surface area contributed by atoms with Crippen molar-refractivity contribution >= 4 is 11.9 Å². The van der Waals surface area contributed by atoms with Crippen LogP contribution in [0.3, 0.4) is 0 Å². The van der Waals surface area contributed by atoms with E-state index >= 15 is 0 Å². The van der Waals surface area contributed by atoms with Crippen LogP contribution in [0.15, 0.2) is 12.1 Å². The van der Waals surface area contributed by atoms with E-state index in [1.807, 2.05) is 30.7 Å². The molecule has 1 fully saturated rings. The van der Waals surface area contributed by atoms with Gasteiger partial charge in [0.1, 0.15) is 5.69 Å². The van der Waals surface area contributed by atoms with Crippen molar-refractivity contribution in [2.24, 2.45) is 0 Å². The topological polar surface area (TPSA) is 66.4 Å². The van der Waals surface area contributed by atoms with E-state index in [0.717, 1.165) is 18.5 Å². The number of hydrogen-bond donors (Lipinski definition) is 2. The molecule has 1 aromatic heterocycles. The van der Waals surface area contributed by atoms with Gasteiger partial charge in [0.2, 0.25) is 0 Å². The Kier molecular flexibility index (Phi) is 3.39. The van der Waals surface area contributed by atoms with Crippen LogP contribution in [0.4, 0.5) is 4.79 Å². The van der Waals surface area contributed by atoms with Gasteiger partial charge in [-0.15, -0.1) is 0 Å². The van der Waals surface area contributed by atoms with Crippen molar-refractivity contribution in [1.82, 2.24) is 20.1 Å². The number of hydrogen-bond acceptors (Lipinski definition) is 2. The first-order chi connectivity index (χ1) is 10.0. The van der Waals surface area contributed by atoms with E-state index in [2.05, 4.69) is 17.6 Å². The summed E-state index contributed by atoms with van der Waals surface area (Å²) in [4.78, 5) is 25.9. The van der Waals surface area contributed by atoms with Crippen molar-refractivity contribution in [2.45, 2.75) is 51.4 Å². The smallest absolute Gasteiger partial charge is 0.317 e. The zero-order valence-corrected chi connectivity index (χ0v) is 12.7. The number of carbonyl (C=O) groups excluding carboxylic acids is 2. The Balaban J connectivity index is 1.86. The van der Waals surface area contributed by atoms with E-state index in [1.54, 1.807) is 4.90 Å². The van der Waals surface area contributed by atoms with Gasteiger partial charge in [-0.2, -0.15) is 0 Å². The van der Waals surface area contributed by atoms with Crippen LogP contribution >= 0.6 is 0 Å². The second-order valence-corrected chi connectivity index (χ2v) is 5.99. The van der Waals surface area contributed by atoms with Crippen molar-refractivity contribution in [3.63, 3.8) is 0 Å². The molecule has 0 saturated carbocycles. The fourth-order valence-electron chi connectivity index (χ4n) is 3.47. The van der Waals surface area contributed by atoms with E-state index in [0.29, 0.717) is 12.2 Å². The van der Waals surface area contributed by atoms with Gasteiger partial charge in [0.25, 0.3) is 5.91 Å². The minimum atomic E-state index is -0.0680. The predicted octanol–water partition coefficient (Wildman–Crippen LogP) is 1.10. The summed E-state index contributed by atoms with van der Waals surface area (Å²) in [6.07, 6.45) is 1.94. The Morgan fingerprint density at radius 1 is 1.29 bits per heavy atom. The average molecular weight is 290 g/mol. The quantitative estimate of drug-likeness (QED) is 0.875. The second kappa shape index (κ2) is 5.09. The van der Waals surface area contributed by atoms with Gasteiger partial charge in [-0.05, 0) is 25.5 Å². The molecule has 3 heterocycles. The zero-order valence-electron chi connectivity index (χ0n) is 12.7. The number of carbonyl (C=O) groups is 2. The lowest BCUT2D eigenvalue weighted by Crippen LogP contribution is -2.57. The lowest BCUT2D eigenvalue weighted by atomic mass is 9.95. The van der Waals surface area contributed by atoms with Gasteiger partial charge >= 0.3 is 6.03 Å². The van der Waals surface area contributed by atoms with E-state index < -0.39 is 0 Å². The van der Waals surface area contributed by atoms with Crippen LogP contribution < -0.4 is 10.6 Å². The maximum absolute atomic E-state index is 12.2. The number of amides is 3. The Labute approximate surface area is 124 Å². The first-order valence-electron chi connectivity index (χ1n) is 7.53. The molecular formula is C15H22N4O2. The summed E-state index contributed by atoms with van der Waals surface area (Å²) < 4.78 is 2.04. The fraction of sp³-hybridized carbons (Fsp3) is 0.600. The van der Waals surface area contributed by atoms with Crippen molar-refractivity contribution in [3.8, 4) is 0 Å². The second-order valence-electron chi connectivity index (χ2n) is 5.99. The number of nitrogens with zero attached hydrogens (tertiary/aromatic N) is 2. The monoisotopic (exact) mass is 290 g/mol. The zero-order chi connectivity index (χ0) is 15.1. The molecule has 3 amide bonds. The number of urea groups is 1. The van der Waals surface area contributed by atoms with E-state index in [1.165, 1.54) is 0 Å². The SMILES string of the molecule is CCCC1[C@H]([C@H]2Cn3c(C)ccc3C(=O)N2)NC(=O)N1C. The lowest BCUT2D eigenvalue weighted by molar-refractivity contribution is 0.0879. The normalized spacial score (nSPS) is 28.3.